The zero-order valence-corrected chi connectivity index (χ0v) is 16.0. The van der Waals surface area contributed by atoms with Crippen LogP contribution in [0.1, 0.15) is 57.6 Å². The van der Waals surface area contributed by atoms with Crippen molar-refractivity contribution in [3.05, 3.63) is 29.3 Å². The van der Waals surface area contributed by atoms with Gasteiger partial charge in [-0.3, -0.25) is 4.79 Å². The van der Waals surface area contributed by atoms with E-state index in [1.807, 2.05) is 26.8 Å². The number of nitrogens with one attached hydrogen (secondary N) is 1. The van der Waals surface area contributed by atoms with Crippen molar-refractivity contribution in [2.45, 2.75) is 65.0 Å². The summed E-state index contributed by atoms with van der Waals surface area (Å²) in [5.74, 6) is 1.13. The molecule has 1 fully saturated rings. The quantitative estimate of drug-likeness (QED) is 0.897. The second-order valence-corrected chi connectivity index (χ2v) is 7.86. The molecule has 0 bridgehead atoms. The van der Waals surface area contributed by atoms with Crippen LogP contribution in [-0.2, 0) is 4.79 Å². The van der Waals surface area contributed by atoms with Crippen LogP contribution >= 0.6 is 0 Å². The fraction of sp³-hybridized carbons (Fsp3) is 0.650. The maximum absolute atomic E-state index is 12.7. The van der Waals surface area contributed by atoms with Gasteiger partial charge in [0.05, 0.1) is 0 Å². The van der Waals surface area contributed by atoms with Crippen LogP contribution in [0.15, 0.2) is 18.2 Å². The van der Waals surface area contributed by atoms with Gasteiger partial charge in [-0.2, -0.15) is 0 Å². The van der Waals surface area contributed by atoms with Gasteiger partial charge in [-0.25, -0.2) is 0 Å². The van der Waals surface area contributed by atoms with Crippen LogP contribution in [0.5, 0.6) is 5.75 Å². The average Bonchev–Trinajstić information content (AvgIpc) is 2.48. The number of piperidine rings is 1. The van der Waals surface area contributed by atoms with Gasteiger partial charge in [-0.1, -0.05) is 26.0 Å². The Hall–Kier alpha value is -1.55. The molecule has 4 heteroatoms. The van der Waals surface area contributed by atoms with Crippen LogP contribution in [0.2, 0.25) is 0 Å². The molecule has 0 aliphatic carbocycles. The number of ether oxygens (including phenoxy) is 1. The van der Waals surface area contributed by atoms with Crippen molar-refractivity contribution in [2.24, 2.45) is 0 Å². The SMILES string of the molecule is Cc1ccc(C(C)C)c(OC(C)(C)C(=O)NC2CCN(C)CC2)c1. The largest absolute Gasteiger partial charge is 0.478 e. The number of likely N-dealkylation sites (tertiary alicyclic amines) is 1. The summed E-state index contributed by atoms with van der Waals surface area (Å²) >= 11 is 0. The van der Waals surface area contributed by atoms with Crippen molar-refractivity contribution in [1.82, 2.24) is 10.2 Å². The first-order valence-corrected chi connectivity index (χ1v) is 8.98. The van der Waals surface area contributed by atoms with E-state index in [9.17, 15) is 4.79 Å². The van der Waals surface area contributed by atoms with Gasteiger partial charge in [0.1, 0.15) is 5.75 Å². The zero-order valence-electron chi connectivity index (χ0n) is 16.0. The first kappa shape index (κ1) is 18.8. The molecule has 134 valence electrons. The number of rotatable bonds is 5. The van der Waals surface area contributed by atoms with Crippen LogP contribution in [0.25, 0.3) is 0 Å². The van der Waals surface area contributed by atoms with E-state index in [1.165, 1.54) is 0 Å². The average molecular weight is 332 g/mol. The molecule has 1 saturated heterocycles. The number of hydrogen-bond donors (Lipinski definition) is 1. The Labute approximate surface area is 146 Å². The summed E-state index contributed by atoms with van der Waals surface area (Å²) in [6.07, 6.45) is 2.00. The predicted octanol–water partition coefficient (Wildman–Crippen LogP) is 3.49. The van der Waals surface area contributed by atoms with E-state index in [1.54, 1.807) is 0 Å². The Morgan fingerprint density at radius 3 is 2.50 bits per heavy atom. The van der Waals surface area contributed by atoms with E-state index >= 15 is 0 Å². The molecule has 0 spiro atoms. The first-order chi connectivity index (χ1) is 11.2. The number of hydrogen-bond acceptors (Lipinski definition) is 3. The molecule has 4 nitrogen and oxygen atoms in total. The number of carbonyl (C=O) groups excluding carboxylic acids is 1. The van der Waals surface area contributed by atoms with E-state index in [-0.39, 0.29) is 11.9 Å². The van der Waals surface area contributed by atoms with Crippen LogP contribution in [0.3, 0.4) is 0 Å². The van der Waals surface area contributed by atoms with E-state index in [0.29, 0.717) is 5.92 Å². The van der Waals surface area contributed by atoms with Crippen LogP contribution < -0.4 is 10.1 Å². The minimum absolute atomic E-state index is 0.0340. The molecule has 2 rings (SSSR count). The van der Waals surface area contributed by atoms with Crippen LogP contribution in [0.4, 0.5) is 0 Å². The summed E-state index contributed by atoms with van der Waals surface area (Å²) in [6, 6.07) is 6.47. The molecule has 1 heterocycles. The summed E-state index contributed by atoms with van der Waals surface area (Å²) in [6.45, 7) is 12.1. The van der Waals surface area contributed by atoms with E-state index in [4.69, 9.17) is 4.74 Å². The number of carbonyl (C=O) groups is 1. The molecule has 1 aliphatic heterocycles. The molecule has 1 aliphatic rings. The Morgan fingerprint density at radius 2 is 1.92 bits per heavy atom. The summed E-state index contributed by atoms with van der Waals surface area (Å²) in [4.78, 5) is 15.0. The molecule has 0 saturated carbocycles. The van der Waals surface area contributed by atoms with Gasteiger partial charge >= 0.3 is 0 Å². The lowest BCUT2D eigenvalue weighted by atomic mass is 9.99. The highest BCUT2D eigenvalue weighted by molar-refractivity contribution is 5.85. The van der Waals surface area contributed by atoms with Gasteiger partial charge in [0.15, 0.2) is 5.60 Å². The highest BCUT2D eigenvalue weighted by Crippen LogP contribution is 2.30. The molecule has 1 N–H and O–H groups in total. The van der Waals surface area contributed by atoms with Gasteiger partial charge in [0, 0.05) is 6.04 Å². The summed E-state index contributed by atoms with van der Waals surface area (Å²) in [5, 5.41) is 3.17. The van der Waals surface area contributed by atoms with Gasteiger partial charge in [-0.15, -0.1) is 0 Å². The smallest absolute Gasteiger partial charge is 0.263 e. The zero-order chi connectivity index (χ0) is 17.9. The molecule has 1 aromatic carbocycles. The second-order valence-electron chi connectivity index (χ2n) is 7.86. The van der Waals surface area contributed by atoms with Crippen molar-refractivity contribution in [2.75, 3.05) is 20.1 Å². The van der Waals surface area contributed by atoms with E-state index in [2.05, 4.69) is 43.2 Å². The van der Waals surface area contributed by atoms with Gasteiger partial charge in [0.2, 0.25) is 0 Å². The third-order valence-corrected chi connectivity index (χ3v) is 4.76. The maximum Gasteiger partial charge on any atom is 0.263 e. The fourth-order valence-electron chi connectivity index (χ4n) is 3.04. The molecule has 24 heavy (non-hydrogen) atoms. The highest BCUT2D eigenvalue weighted by atomic mass is 16.5. The number of amides is 1. The maximum atomic E-state index is 12.7. The molecule has 0 aromatic heterocycles. The Balaban J connectivity index is 2.07. The van der Waals surface area contributed by atoms with Gasteiger partial charge in [-0.05, 0) is 76.9 Å². The van der Waals surface area contributed by atoms with Gasteiger partial charge < -0.3 is 15.0 Å². The minimum Gasteiger partial charge on any atom is -0.478 e. The normalized spacial score (nSPS) is 17.1. The molecule has 0 radical (unpaired) electrons. The summed E-state index contributed by atoms with van der Waals surface area (Å²) in [5.41, 5.74) is 1.39. The Bertz CT molecular complexity index is 573. The van der Waals surface area contributed by atoms with Crippen LogP contribution in [-0.4, -0.2) is 42.6 Å². The third-order valence-electron chi connectivity index (χ3n) is 4.76. The molecule has 0 atom stereocenters. The molecule has 1 aromatic rings. The van der Waals surface area contributed by atoms with Crippen molar-refractivity contribution < 1.29 is 9.53 Å². The lowest BCUT2D eigenvalue weighted by Gasteiger charge is -2.33. The standard InChI is InChI=1S/C20H32N2O2/c1-14(2)17-8-7-15(3)13-18(17)24-20(4,5)19(23)21-16-9-11-22(6)12-10-16/h7-8,13-14,16H,9-12H2,1-6H3,(H,21,23). The summed E-state index contributed by atoms with van der Waals surface area (Å²) < 4.78 is 6.18. The van der Waals surface area contributed by atoms with Crippen molar-refractivity contribution in [1.29, 1.82) is 0 Å². The van der Waals surface area contributed by atoms with Crippen molar-refractivity contribution >= 4 is 5.91 Å². The first-order valence-electron chi connectivity index (χ1n) is 8.98. The van der Waals surface area contributed by atoms with Crippen molar-refractivity contribution in [3.63, 3.8) is 0 Å². The molecule has 0 unspecified atom stereocenters. The number of nitrogens with zero attached hydrogens (tertiary/aromatic N) is 1. The minimum atomic E-state index is -0.888. The van der Waals surface area contributed by atoms with E-state index in [0.717, 1.165) is 42.8 Å². The molecular weight excluding hydrogens is 300 g/mol. The van der Waals surface area contributed by atoms with Crippen molar-refractivity contribution in [3.8, 4) is 5.75 Å². The monoisotopic (exact) mass is 332 g/mol. The predicted molar refractivity (Wildman–Crippen MR) is 98.6 cm³/mol. The highest BCUT2D eigenvalue weighted by Gasteiger charge is 2.33. The second kappa shape index (κ2) is 7.56. The topological polar surface area (TPSA) is 41.6 Å². The lowest BCUT2D eigenvalue weighted by molar-refractivity contribution is -0.135. The van der Waals surface area contributed by atoms with Gasteiger partial charge in [0.25, 0.3) is 5.91 Å². The number of aryl methyl sites for hydroxylation is 1. The lowest BCUT2D eigenvalue weighted by Crippen LogP contribution is -2.52. The Morgan fingerprint density at radius 1 is 1.29 bits per heavy atom. The molecular formula is C20H32N2O2. The molecule has 1 amide bonds. The fourth-order valence-corrected chi connectivity index (χ4v) is 3.04. The number of benzene rings is 1. The third kappa shape index (κ3) is 4.73. The van der Waals surface area contributed by atoms with Crippen LogP contribution in [0, 0.1) is 6.92 Å². The Kier molecular flexibility index (Phi) is 5.92. The van der Waals surface area contributed by atoms with E-state index < -0.39 is 5.60 Å². The summed E-state index contributed by atoms with van der Waals surface area (Å²) in [7, 11) is 2.12.